The number of likely N-dealkylation sites (N-methyl/N-ethyl adjacent to an activating group) is 1. The van der Waals surface area contributed by atoms with E-state index in [4.69, 9.17) is 9.47 Å². The summed E-state index contributed by atoms with van der Waals surface area (Å²) >= 11 is 0. The van der Waals surface area contributed by atoms with Crippen LogP contribution in [-0.4, -0.2) is 64.4 Å². The summed E-state index contributed by atoms with van der Waals surface area (Å²) in [7, 11) is 2.02. The minimum atomic E-state index is -0.498. The average molecular weight is 986 g/mol. The van der Waals surface area contributed by atoms with E-state index >= 15 is 0 Å². The number of ether oxygens (including phenoxy) is 2. The Kier molecular flexibility index (Phi) is 10.1. The summed E-state index contributed by atoms with van der Waals surface area (Å²) < 4.78 is 11.7. The smallest absolute Gasteiger partial charge is 0.231 e. The molecule has 2 radical (unpaired) electrons. The second kappa shape index (κ2) is 12.4. The van der Waals surface area contributed by atoms with E-state index in [9.17, 15) is 20.3 Å². The van der Waals surface area contributed by atoms with Crippen LogP contribution in [0, 0.1) is 133 Å². The molecule has 11 heteroatoms. The number of amides is 1. The summed E-state index contributed by atoms with van der Waals surface area (Å²) in [5, 5.41) is 36.5. The first-order chi connectivity index (χ1) is 18.6. The summed E-state index contributed by atoms with van der Waals surface area (Å²) in [4.78, 5) is 17.1. The second-order valence-corrected chi connectivity index (χ2v) is 11.5. The van der Waals surface area contributed by atoms with E-state index < -0.39 is 18.0 Å². The van der Waals surface area contributed by atoms with Crippen molar-refractivity contribution >= 4 is 5.91 Å². The molecule has 0 spiro atoms. The third-order valence-corrected chi connectivity index (χ3v) is 9.38. The molecule has 1 fully saturated rings. The third-order valence-electron chi connectivity index (χ3n) is 9.38. The molecular formula is C30H35Ac2N4O5-. The van der Waals surface area contributed by atoms with E-state index in [1.165, 1.54) is 0 Å². The maximum atomic E-state index is 12.7. The Balaban J connectivity index is 0.00000194. The maximum Gasteiger partial charge on any atom is 0.231 e. The second-order valence-electron chi connectivity index (χ2n) is 11.5. The van der Waals surface area contributed by atoms with Crippen LogP contribution in [0.15, 0.2) is 6.07 Å². The number of nitrogens with one attached hydrogen (secondary N) is 1. The monoisotopic (exact) mass is 985 g/mol. The molecule has 0 aromatic heterocycles. The Morgan fingerprint density at radius 2 is 1.80 bits per heavy atom. The van der Waals surface area contributed by atoms with Crippen molar-refractivity contribution in [3.05, 3.63) is 51.9 Å². The predicted octanol–water partition coefficient (Wildman–Crippen LogP) is 3.11. The van der Waals surface area contributed by atoms with Crippen LogP contribution in [0.5, 0.6) is 23.0 Å². The van der Waals surface area contributed by atoms with Gasteiger partial charge in [0.1, 0.15) is 17.5 Å². The largest absolute Gasteiger partial charge is 0.507 e. The average Bonchev–Trinajstić information content (AvgIpc) is 3.39. The van der Waals surface area contributed by atoms with Gasteiger partial charge in [-0.1, -0.05) is 18.9 Å². The van der Waals surface area contributed by atoms with Crippen molar-refractivity contribution in [2.24, 2.45) is 5.92 Å². The van der Waals surface area contributed by atoms with Crippen molar-refractivity contribution < 1.29 is 113 Å². The molecule has 6 atom stereocenters. The van der Waals surface area contributed by atoms with Gasteiger partial charge in [0.15, 0.2) is 17.4 Å². The van der Waals surface area contributed by atoms with Gasteiger partial charge in [0.2, 0.25) is 6.79 Å². The molecule has 212 valence electrons. The van der Waals surface area contributed by atoms with Crippen LogP contribution >= 0.6 is 0 Å². The summed E-state index contributed by atoms with van der Waals surface area (Å²) in [6.07, 6.45) is 1.07. The molecule has 4 aliphatic heterocycles. The fourth-order valence-corrected chi connectivity index (χ4v) is 7.28. The Labute approximate surface area is 313 Å². The van der Waals surface area contributed by atoms with E-state index in [0.29, 0.717) is 35.7 Å². The molecule has 41 heavy (non-hydrogen) atoms. The topological polar surface area (TPSA) is 118 Å². The van der Waals surface area contributed by atoms with E-state index in [-0.39, 0.29) is 131 Å². The number of hydrogen-bond acceptors (Lipinski definition) is 8. The van der Waals surface area contributed by atoms with Crippen molar-refractivity contribution in [2.75, 3.05) is 20.4 Å². The Hall–Kier alpha value is -0.597. The molecule has 2 aromatic carbocycles. The number of aromatic hydroxyl groups is 2. The number of piperazine rings is 1. The molecule has 4 heterocycles. The summed E-state index contributed by atoms with van der Waals surface area (Å²) in [6, 6.07) is 3.19. The SMILES string of the molecule is [Ac].[Ac].[CH2-][C@@H](C)C(=O)NC[C@H]1c2c(c(O)c(C)c3c2OCO3)CC2C3c4c(cc(C)c(C)c4O)C[C@@H]([C@H](C#N)N21)N3C. The molecule has 2 aromatic rings. The minimum absolute atomic E-state index is 0. The van der Waals surface area contributed by atoms with Crippen LogP contribution in [0.1, 0.15) is 58.0 Å². The standard InChI is InChI=1S/C30H35N4O5.2Ac/c1-13(2)30(37)32-11-22-24-18(26(35)16(5)28-29(24)39-12-38-28)9-20-25-23-17(7-14(3)15(4)27(23)36)8-19(33(25)6)21(10-31)34(20)22;;/h7,13,19-22,25,35-36H,1,8-9,11-12H2,2-6H3,(H,32,37);;/q-1;;/t13-,19-,20?,21-,22-,25?;;/m0../s1. The van der Waals surface area contributed by atoms with E-state index in [0.717, 1.165) is 33.4 Å². The van der Waals surface area contributed by atoms with Crippen LogP contribution in [0.3, 0.4) is 0 Å². The predicted molar refractivity (Wildman–Crippen MR) is 144 cm³/mol. The zero-order valence-corrected chi connectivity index (χ0v) is 33.7. The van der Waals surface area contributed by atoms with Crippen LogP contribution < -0.4 is 14.8 Å². The van der Waals surface area contributed by atoms with Crippen LogP contribution in [0.2, 0.25) is 0 Å². The number of nitriles is 1. The number of fused-ring (bicyclic) bond motifs is 9. The fourth-order valence-electron chi connectivity index (χ4n) is 7.28. The van der Waals surface area contributed by atoms with E-state index in [1.807, 2.05) is 27.8 Å². The molecule has 2 unspecified atom stereocenters. The van der Waals surface area contributed by atoms with Gasteiger partial charge >= 0.3 is 0 Å². The number of aryl methyl sites for hydroxylation is 1. The van der Waals surface area contributed by atoms with Crippen molar-refractivity contribution in [2.45, 2.75) is 70.7 Å². The molecule has 6 rings (SSSR count). The Morgan fingerprint density at radius 3 is 2.46 bits per heavy atom. The van der Waals surface area contributed by atoms with Crippen molar-refractivity contribution in [1.82, 2.24) is 15.1 Å². The number of nitrogens with zero attached hydrogens (tertiary/aromatic N) is 3. The molecule has 1 saturated heterocycles. The number of rotatable bonds is 3. The van der Waals surface area contributed by atoms with Gasteiger partial charge in [-0.05, 0) is 57.4 Å². The van der Waals surface area contributed by atoms with Gasteiger partial charge in [-0.3, -0.25) is 14.6 Å². The number of carbonyl (C=O) groups is 1. The summed E-state index contributed by atoms with van der Waals surface area (Å²) in [6.45, 7) is 11.6. The quantitative estimate of drug-likeness (QED) is 0.403. The Bertz CT molecular complexity index is 1440. The molecule has 4 aliphatic rings. The van der Waals surface area contributed by atoms with E-state index in [2.05, 4.69) is 34.2 Å². The molecule has 9 nitrogen and oxygen atoms in total. The first-order valence-corrected chi connectivity index (χ1v) is 13.5. The summed E-state index contributed by atoms with van der Waals surface area (Å²) in [5.41, 5.74) is 5.93. The molecule has 0 saturated carbocycles. The van der Waals surface area contributed by atoms with Crippen molar-refractivity contribution in [1.29, 1.82) is 5.26 Å². The van der Waals surface area contributed by atoms with Crippen LogP contribution in [0.25, 0.3) is 0 Å². The first-order valence-electron chi connectivity index (χ1n) is 13.5. The normalized spacial score (nSPS) is 26.3. The van der Waals surface area contributed by atoms with Gasteiger partial charge in [0.05, 0.1) is 18.2 Å². The number of phenols is 2. The van der Waals surface area contributed by atoms with Gasteiger partial charge in [-0.2, -0.15) is 5.26 Å². The zero-order valence-electron chi connectivity index (χ0n) is 24.2. The zero-order chi connectivity index (χ0) is 27.9. The van der Waals surface area contributed by atoms with Gasteiger partial charge in [0.25, 0.3) is 0 Å². The molecule has 2 bridgehead atoms. The molecule has 1 amide bonds. The van der Waals surface area contributed by atoms with Crippen molar-refractivity contribution in [3.63, 3.8) is 0 Å². The van der Waals surface area contributed by atoms with Gasteiger partial charge in [-0.25, -0.2) is 0 Å². The van der Waals surface area contributed by atoms with Crippen LogP contribution in [0.4, 0.5) is 0 Å². The third kappa shape index (κ3) is 5.06. The first kappa shape index (κ1) is 33.3. The van der Waals surface area contributed by atoms with Crippen molar-refractivity contribution in [3.8, 4) is 29.1 Å². The minimum Gasteiger partial charge on any atom is -0.507 e. The molecule has 0 aliphatic carbocycles. The van der Waals surface area contributed by atoms with E-state index in [1.54, 1.807) is 6.92 Å². The van der Waals surface area contributed by atoms with Gasteiger partial charge in [-0.15, -0.1) is 0 Å². The number of phenolic OH excluding ortho intramolecular Hbond substituents is 2. The molecular weight excluding hydrogens is 950 g/mol. The van der Waals surface area contributed by atoms with Gasteiger partial charge < -0.3 is 31.9 Å². The Morgan fingerprint density at radius 1 is 1.12 bits per heavy atom. The fraction of sp³-hybridized carbons (Fsp3) is 0.500. The molecule has 3 N–H and O–H groups in total. The number of benzene rings is 2. The van der Waals surface area contributed by atoms with Gasteiger partial charge in [0, 0.05) is 129 Å². The number of hydrogen-bond donors (Lipinski definition) is 3. The summed E-state index contributed by atoms with van der Waals surface area (Å²) in [5.74, 6) is 0.868. The van der Waals surface area contributed by atoms with Crippen LogP contribution in [-0.2, 0) is 17.6 Å². The maximum absolute atomic E-state index is 12.7. The number of carbonyl (C=O) groups excluding carboxylic acids is 1.